The number of benzene rings is 2. The predicted molar refractivity (Wildman–Crippen MR) is 101 cm³/mol. The van der Waals surface area contributed by atoms with Crippen LogP contribution in [0.3, 0.4) is 0 Å². The number of methoxy groups -OCH3 is 1. The van der Waals surface area contributed by atoms with E-state index in [1.807, 2.05) is 0 Å². The van der Waals surface area contributed by atoms with E-state index in [2.05, 4.69) is 15.5 Å². The van der Waals surface area contributed by atoms with Crippen molar-refractivity contribution in [3.63, 3.8) is 0 Å². The largest absolute Gasteiger partial charge is 0.495 e. The van der Waals surface area contributed by atoms with E-state index in [4.69, 9.17) is 9.15 Å². The van der Waals surface area contributed by atoms with Gasteiger partial charge in [-0.25, -0.2) is 0 Å². The van der Waals surface area contributed by atoms with E-state index in [9.17, 15) is 28.1 Å². The lowest BCUT2D eigenvalue weighted by atomic mass is 10.1. The summed E-state index contributed by atoms with van der Waals surface area (Å²) < 4.78 is 49.0. The molecule has 1 aromatic heterocycles. The molecule has 0 unspecified atom stereocenters. The molecule has 0 atom stereocenters. The fourth-order valence-corrected chi connectivity index (χ4v) is 2.64. The number of carbonyl (C=O) groups is 1. The van der Waals surface area contributed by atoms with Gasteiger partial charge < -0.3 is 14.5 Å². The molecule has 3 aromatic rings. The highest BCUT2D eigenvalue weighted by Crippen LogP contribution is 2.32. The summed E-state index contributed by atoms with van der Waals surface area (Å²) in [5.41, 5.74) is -0.856. The summed E-state index contributed by atoms with van der Waals surface area (Å²) in [6.07, 6.45) is -4.62. The molecule has 0 saturated heterocycles. The van der Waals surface area contributed by atoms with Gasteiger partial charge in [-0.1, -0.05) is 6.07 Å². The van der Waals surface area contributed by atoms with Crippen molar-refractivity contribution in [2.45, 2.75) is 19.0 Å². The summed E-state index contributed by atoms with van der Waals surface area (Å²) in [4.78, 5) is 22.5. The van der Waals surface area contributed by atoms with Crippen LogP contribution in [-0.2, 0) is 17.4 Å². The molecule has 1 heterocycles. The molecule has 2 aromatic carbocycles. The van der Waals surface area contributed by atoms with Gasteiger partial charge in [0, 0.05) is 30.5 Å². The first kappa shape index (κ1) is 21.7. The molecular formula is C19H15F3N4O5. The Morgan fingerprint density at radius 3 is 2.68 bits per heavy atom. The highest BCUT2D eigenvalue weighted by Gasteiger charge is 2.30. The van der Waals surface area contributed by atoms with Gasteiger partial charge in [0.05, 0.1) is 23.3 Å². The second-order valence-corrected chi connectivity index (χ2v) is 6.27. The summed E-state index contributed by atoms with van der Waals surface area (Å²) in [7, 11) is 1.35. The Morgan fingerprint density at radius 2 is 2.00 bits per heavy atom. The van der Waals surface area contributed by atoms with E-state index >= 15 is 0 Å². The lowest BCUT2D eigenvalue weighted by Crippen LogP contribution is -2.13. The van der Waals surface area contributed by atoms with Crippen LogP contribution in [0.25, 0.3) is 11.5 Å². The van der Waals surface area contributed by atoms with E-state index < -0.39 is 22.6 Å². The Labute approximate surface area is 173 Å². The number of nitro groups is 1. The third-order valence-electron chi connectivity index (χ3n) is 4.14. The number of amides is 1. The number of hydrogen-bond donors (Lipinski definition) is 1. The number of aromatic nitrogens is 2. The first-order chi connectivity index (χ1) is 14.7. The van der Waals surface area contributed by atoms with Crippen molar-refractivity contribution in [1.82, 2.24) is 10.2 Å². The first-order valence-corrected chi connectivity index (χ1v) is 8.79. The highest BCUT2D eigenvalue weighted by molar-refractivity contribution is 5.92. The van der Waals surface area contributed by atoms with Gasteiger partial charge in [-0.2, -0.15) is 13.2 Å². The number of rotatable bonds is 7. The number of nitrogens with one attached hydrogen (secondary N) is 1. The van der Waals surface area contributed by atoms with Crippen LogP contribution >= 0.6 is 0 Å². The molecule has 0 aliphatic rings. The van der Waals surface area contributed by atoms with E-state index in [-0.39, 0.29) is 47.3 Å². The van der Waals surface area contributed by atoms with E-state index in [0.717, 1.165) is 18.2 Å². The van der Waals surface area contributed by atoms with Gasteiger partial charge in [0.1, 0.15) is 5.75 Å². The van der Waals surface area contributed by atoms with Crippen LogP contribution < -0.4 is 10.1 Å². The van der Waals surface area contributed by atoms with Crippen LogP contribution in [0.2, 0.25) is 0 Å². The van der Waals surface area contributed by atoms with Gasteiger partial charge in [0.15, 0.2) is 0 Å². The minimum absolute atomic E-state index is 0.00897. The number of nitrogens with zero attached hydrogens (tertiary/aromatic N) is 3. The molecule has 0 bridgehead atoms. The molecule has 3 rings (SSSR count). The Balaban J connectivity index is 1.66. The second-order valence-electron chi connectivity index (χ2n) is 6.27. The Bertz CT molecular complexity index is 1110. The van der Waals surface area contributed by atoms with Crippen molar-refractivity contribution in [3.05, 3.63) is 64.0 Å². The topological polar surface area (TPSA) is 120 Å². The number of ether oxygens (including phenoxy) is 1. The van der Waals surface area contributed by atoms with Crippen LogP contribution in [0, 0.1) is 10.1 Å². The summed E-state index contributed by atoms with van der Waals surface area (Å²) in [6.45, 7) is 0. The van der Waals surface area contributed by atoms with Crippen molar-refractivity contribution < 1.29 is 32.0 Å². The molecule has 31 heavy (non-hydrogen) atoms. The number of anilines is 1. The molecule has 0 saturated carbocycles. The molecule has 0 spiro atoms. The molecular weight excluding hydrogens is 421 g/mol. The summed E-state index contributed by atoms with van der Waals surface area (Å²) >= 11 is 0. The van der Waals surface area contributed by atoms with Crippen molar-refractivity contribution in [2.75, 3.05) is 12.4 Å². The van der Waals surface area contributed by atoms with Crippen LogP contribution in [0.5, 0.6) is 5.75 Å². The number of non-ortho nitro benzene ring substituents is 1. The molecule has 0 radical (unpaired) electrons. The van der Waals surface area contributed by atoms with Crippen molar-refractivity contribution in [2.24, 2.45) is 0 Å². The average molecular weight is 436 g/mol. The average Bonchev–Trinajstić information content (AvgIpc) is 3.21. The SMILES string of the molecule is COc1ccc([N+](=O)[O-])cc1NC(=O)CCc1nnc(-c2cccc(C(F)(F)F)c2)o1. The molecule has 12 heteroatoms. The minimum atomic E-state index is -4.51. The monoisotopic (exact) mass is 436 g/mol. The summed E-state index contributed by atoms with van der Waals surface area (Å²) in [5.74, 6) is -0.323. The molecule has 1 N–H and O–H groups in total. The number of carbonyl (C=O) groups excluding carboxylic acids is 1. The Hall–Kier alpha value is -3.96. The molecule has 0 aliphatic carbocycles. The maximum absolute atomic E-state index is 12.8. The van der Waals surface area contributed by atoms with Crippen molar-refractivity contribution in [3.8, 4) is 17.2 Å². The standard InChI is InChI=1S/C19H15F3N4O5/c1-30-15-6-5-13(26(28)29)10-14(15)23-16(27)7-8-17-24-25-18(31-17)11-3-2-4-12(9-11)19(20,21)22/h2-6,9-10H,7-8H2,1H3,(H,23,27). The maximum Gasteiger partial charge on any atom is 0.416 e. The fourth-order valence-electron chi connectivity index (χ4n) is 2.64. The number of hydrogen-bond acceptors (Lipinski definition) is 7. The number of aryl methyl sites for hydroxylation is 1. The third kappa shape index (κ3) is 5.35. The zero-order valence-corrected chi connectivity index (χ0v) is 16.0. The van der Waals surface area contributed by atoms with Crippen molar-refractivity contribution in [1.29, 1.82) is 0 Å². The normalized spacial score (nSPS) is 11.2. The number of nitro benzene ring substituents is 1. The summed E-state index contributed by atoms with van der Waals surface area (Å²) in [5, 5.41) is 20.9. The van der Waals surface area contributed by atoms with Crippen molar-refractivity contribution >= 4 is 17.3 Å². The van der Waals surface area contributed by atoms with Crippen LogP contribution in [0.1, 0.15) is 17.9 Å². The van der Waals surface area contributed by atoms with Gasteiger partial charge in [-0.15, -0.1) is 10.2 Å². The van der Waals surface area contributed by atoms with Gasteiger partial charge in [-0.3, -0.25) is 14.9 Å². The zero-order chi connectivity index (χ0) is 22.6. The second kappa shape index (κ2) is 8.81. The highest BCUT2D eigenvalue weighted by atomic mass is 19.4. The van der Waals surface area contributed by atoms with Gasteiger partial charge in [-0.05, 0) is 24.3 Å². The predicted octanol–water partition coefficient (Wildman–Crippen LogP) is 4.24. The van der Waals surface area contributed by atoms with Crippen LogP contribution in [-0.4, -0.2) is 28.1 Å². The molecule has 0 fully saturated rings. The van der Waals surface area contributed by atoms with Gasteiger partial charge in [0.25, 0.3) is 5.69 Å². The van der Waals surface area contributed by atoms with Crippen LogP contribution in [0.4, 0.5) is 24.5 Å². The third-order valence-corrected chi connectivity index (χ3v) is 4.14. The Kier molecular flexibility index (Phi) is 6.18. The van der Waals surface area contributed by atoms with Gasteiger partial charge in [0.2, 0.25) is 17.7 Å². The lowest BCUT2D eigenvalue weighted by molar-refractivity contribution is -0.384. The van der Waals surface area contributed by atoms with E-state index in [0.29, 0.717) is 0 Å². The Morgan fingerprint density at radius 1 is 1.23 bits per heavy atom. The van der Waals surface area contributed by atoms with Crippen LogP contribution in [0.15, 0.2) is 46.9 Å². The lowest BCUT2D eigenvalue weighted by Gasteiger charge is -2.09. The molecule has 1 amide bonds. The van der Waals surface area contributed by atoms with E-state index in [1.165, 1.54) is 31.4 Å². The fraction of sp³-hybridized carbons (Fsp3) is 0.211. The maximum atomic E-state index is 12.8. The smallest absolute Gasteiger partial charge is 0.416 e. The minimum Gasteiger partial charge on any atom is -0.495 e. The van der Waals surface area contributed by atoms with Gasteiger partial charge >= 0.3 is 6.18 Å². The summed E-state index contributed by atoms with van der Waals surface area (Å²) in [6, 6.07) is 8.19. The molecule has 162 valence electrons. The van der Waals surface area contributed by atoms with E-state index in [1.54, 1.807) is 0 Å². The number of halogens is 3. The number of alkyl halides is 3. The molecule has 0 aliphatic heterocycles. The quantitative estimate of drug-likeness (QED) is 0.434. The zero-order valence-electron chi connectivity index (χ0n) is 16.0. The first-order valence-electron chi connectivity index (χ1n) is 8.79. The molecule has 9 nitrogen and oxygen atoms in total.